The summed E-state index contributed by atoms with van der Waals surface area (Å²) >= 11 is 0. The number of fused-ring (bicyclic) bond motifs is 1. The van der Waals surface area contributed by atoms with Gasteiger partial charge in [-0.3, -0.25) is 0 Å². The molecule has 19 heavy (non-hydrogen) atoms. The van der Waals surface area contributed by atoms with Crippen molar-refractivity contribution < 1.29 is 4.74 Å². The molecule has 3 heteroatoms. The summed E-state index contributed by atoms with van der Waals surface area (Å²) in [6.45, 7) is 0.736. The second kappa shape index (κ2) is 4.89. The van der Waals surface area contributed by atoms with E-state index < -0.39 is 0 Å². The van der Waals surface area contributed by atoms with Gasteiger partial charge in [-0.1, -0.05) is 25.3 Å². The predicted octanol–water partition coefficient (Wildman–Crippen LogP) is 3.34. The number of benzene rings is 1. The van der Waals surface area contributed by atoms with E-state index in [1.54, 1.807) is 7.11 Å². The Bertz CT molecular complexity index is 567. The Kier molecular flexibility index (Phi) is 3.23. The van der Waals surface area contributed by atoms with Crippen molar-refractivity contribution in [3.05, 3.63) is 30.0 Å². The monoisotopic (exact) mass is 258 g/mol. The molecule has 0 aliphatic heterocycles. The van der Waals surface area contributed by atoms with Crippen LogP contribution in [0.15, 0.2) is 24.4 Å². The first-order valence-electron chi connectivity index (χ1n) is 7.15. The second-order valence-corrected chi connectivity index (χ2v) is 5.63. The van der Waals surface area contributed by atoms with Crippen LogP contribution < -0.4 is 10.5 Å². The smallest absolute Gasteiger partial charge is 0.142 e. The molecule has 1 aliphatic rings. The summed E-state index contributed by atoms with van der Waals surface area (Å²) in [6, 6.07) is 6.44. The lowest BCUT2D eigenvalue weighted by atomic mass is 9.68. The van der Waals surface area contributed by atoms with Crippen LogP contribution in [0.1, 0.15) is 37.7 Å². The van der Waals surface area contributed by atoms with Crippen molar-refractivity contribution in [3.8, 4) is 5.75 Å². The van der Waals surface area contributed by atoms with Crippen LogP contribution in [0.2, 0.25) is 0 Å². The van der Waals surface area contributed by atoms with Crippen LogP contribution in [-0.4, -0.2) is 18.6 Å². The molecule has 0 spiro atoms. The number of nitrogens with one attached hydrogen (secondary N) is 1. The molecule has 1 aromatic heterocycles. The quantitative estimate of drug-likeness (QED) is 0.887. The van der Waals surface area contributed by atoms with Crippen molar-refractivity contribution in [1.82, 2.24) is 4.98 Å². The molecule has 3 rings (SSSR count). The summed E-state index contributed by atoms with van der Waals surface area (Å²) < 4.78 is 5.43. The van der Waals surface area contributed by atoms with Crippen LogP contribution >= 0.6 is 0 Å². The second-order valence-electron chi connectivity index (χ2n) is 5.63. The molecule has 102 valence electrons. The number of hydrogen-bond acceptors (Lipinski definition) is 2. The third-order valence-electron chi connectivity index (χ3n) is 4.68. The fourth-order valence-electron chi connectivity index (χ4n) is 3.57. The summed E-state index contributed by atoms with van der Waals surface area (Å²) in [7, 11) is 1.72. The molecule has 0 unspecified atom stereocenters. The van der Waals surface area contributed by atoms with Crippen molar-refractivity contribution in [1.29, 1.82) is 0 Å². The summed E-state index contributed by atoms with van der Waals surface area (Å²) in [5.74, 6) is 0.909. The SMILES string of the molecule is COc1ccc(C2(CN)CCCCC2)c2cc[nH]c12. The summed E-state index contributed by atoms with van der Waals surface area (Å²) in [6.07, 6.45) is 8.31. The highest BCUT2D eigenvalue weighted by molar-refractivity contribution is 5.89. The molecule has 1 aromatic carbocycles. The zero-order chi connectivity index (χ0) is 13.3. The number of rotatable bonds is 3. The maximum atomic E-state index is 6.16. The van der Waals surface area contributed by atoms with Gasteiger partial charge in [-0.25, -0.2) is 0 Å². The minimum Gasteiger partial charge on any atom is -0.495 e. The minimum atomic E-state index is 0.158. The van der Waals surface area contributed by atoms with Crippen LogP contribution in [0.5, 0.6) is 5.75 Å². The fraction of sp³-hybridized carbons (Fsp3) is 0.500. The molecule has 1 fully saturated rings. The van der Waals surface area contributed by atoms with E-state index in [0.717, 1.165) is 17.8 Å². The normalized spacial score (nSPS) is 18.6. The number of aromatic amines is 1. The molecule has 0 radical (unpaired) electrons. The van der Waals surface area contributed by atoms with Crippen molar-refractivity contribution >= 4 is 10.9 Å². The van der Waals surface area contributed by atoms with Gasteiger partial charge in [0.15, 0.2) is 0 Å². The molecule has 1 aliphatic carbocycles. The topological polar surface area (TPSA) is 51.0 Å². The van der Waals surface area contributed by atoms with Crippen LogP contribution in [0, 0.1) is 0 Å². The Morgan fingerprint density at radius 1 is 1.21 bits per heavy atom. The molecular weight excluding hydrogens is 236 g/mol. The Morgan fingerprint density at radius 3 is 2.68 bits per heavy atom. The molecular formula is C16H22N2O. The van der Waals surface area contributed by atoms with Crippen molar-refractivity contribution in [2.45, 2.75) is 37.5 Å². The van der Waals surface area contributed by atoms with E-state index in [0.29, 0.717) is 0 Å². The Morgan fingerprint density at radius 2 is 2.00 bits per heavy atom. The highest BCUT2D eigenvalue weighted by Gasteiger charge is 2.34. The molecule has 0 amide bonds. The number of methoxy groups -OCH3 is 1. The van der Waals surface area contributed by atoms with Gasteiger partial charge in [0.2, 0.25) is 0 Å². The van der Waals surface area contributed by atoms with Gasteiger partial charge in [-0.05, 0) is 30.5 Å². The third-order valence-corrected chi connectivity index (χ3v) is 4.68. The Hall–Kier alpha value is -1.48. The van der Waals surface area contributed by atoms with Gasteiger partial charge < -0.3 is 15.5 Å². The molecule has 0 bridgehead atoms. The van der Waals surface area contributed by atoms with Gasteiger partial charge in [0.1, 0.15) is 5.75 Å². The van der Waals surface area contributed by atoms with Gasteiger partial charge in [0.05, 0.1) is 12.6 Å². The molecule has 3 nitrogen and oxygen atoms in total. The van der Waals surface area contributed by atoms with Crippen molar-refractivity contribution in [2.75, 3.05) is 13.7 Å². The van der Waals surface area contributed by atoms with Gasteiger partial charge in [-0.15, -0.1) is 0 Å². The number of hydrogen-bond donors (Lipinski definition) is 2. The van der Waals surface area contributed by atoms with Crippen LogP contribution in [0.25, 0.3) is 10.9 Å². The largest absolute Gasteiger partial charge is 0.495 e. The highest BCUT2D eigenvalue weighted by atomic mass is 16.5. The zero-order valence-electron chi connectivity index (χ0n) is 11.5. The Labute approximate surface area is 114 Å². The first kappa shape index (κ1) is 12.5. The highest BCUT2D eigenvalue weighted by Crippen LogP contribution is 2.43. The Balaban J connectivity index is 2.16. The molecule has 0 saturated heterocycles. The number of ether oxygens (including phenoxy) is 1. The van der Waals surface area contributed by atoms with E-state index in [1.807, 2.05) is 6.20 Å². The van der Waals surface area contributed by atoms with E-state index in [2.05, 4.69) is 23.2 Å². The van der Waals surface area contributed by atoms with Crippen molar-refractivity contribution in [3.63, 3.8) is 0 Å². The van der Waals surface area contributed by atoms with Crippen LogP contribution in [0.3, 0.4) is 0 Å². The van der Waals surface area contributed by atoms with Crippen LogP contribution in [-0.2, 0) is 5.41 Å². The first-order valence-corrected chi connectivity index (χ1v) is 7.15. The van der Waals surface area contributed by atoms with Gasteiger partial charge >= 0.3 is 0 Å². The number of H-pyrrole nitrogens is 1. The summed E-state index contributed by atoms with van der Waals surface area (Å²) in [5, 5.41) is 1.27. The maximum absolute atomic E-state index is 6.16. The van der Waals surface area contributed by atoms with Gasteiger partial charge in [-0.2, -0.15) is 0 Å². The summed E-state index contributed by atoms with van der Waals surface area (Å²) in [4.78, 5) is 3.29. The summed E-state index contributed by atoms with van der Waals surface area (Å²) in [5.41, 5.74) is 8.81. The van der Waals surface area contributed by atoms with Gasteiger partial charge in [0.25, 0.3) is 0 Å². The van der Waals surface area contributed by atoms with E-state index in [1.165, 1.54) is 43.1 Å². The first-order chi connectivity index (χ1) is 9.30. The zero-order valence-corrected chi connectivity index (χ0v) is 11.5. The number of aromatic nitrogens is 1. The van der Waals surface area contributed by atoms with E-state index in [9.17, 15) is 0 Å². The minimum absolute atomic E-state index is 0.158. The van der Waals surface area contributed by atoms with Crippen molar-refractivity contribution in [2.24, 2.45) is 5.73 Å². The molecule has 0 atom stereocenters. The lowest BCUT2D eigenvalue weighted by molar-refractivity contribution is 0.303. The lowest BCUT2D eigenvalue weighted by Gasteiger charge is -2.37. The third kappa shape index (κ3) is 1.93. The standard InChI is InChI=1S/C16H22N2O/c1-19-14-6-5-13(12-7-10-18-15(12)14)16(11-17)8-3-2-4-9-16/h5-7,10,18H,2-4,8-9,11,17H2,1H3. The van der Waals surface area contributed by atoms with E-state index >= 15 is 0 Å². The predicted molar refractivity (Wildman–Crippen MR) is 78.7 cm³/mol. The maximum Gasteiger partial charge on any atom is 0.142 e. The lowest BCUT2D eigenvalue weighted by Crippen LogP contribution is -2.37. The van der Waals surface area contributed by atoms with Crippen LogP contribution in [0.4, 0.5) is 0 Å². The average molecular weight is 258 g/mol. The average Bonchev–Trinajstić information content (AvgIpc) is 2.96. The van der Waals surface area contributed by atoms with Gasteiger partial charge in [0, 0.05) is 23.5 Å². The molecule has 1 heterocycles. The molecule has 1 saturated carbocycles. The molecule has 3 N–H and O–H groups in total. The number of nitrogens with two attached hydrogens (primary N) is 1. The van der Waals surface area contributed by atoms with E-state index in [4.69, 9.17) is 10.5 Å². The molecule has 2 aromatic rings. The fourth-order valence-corrected chi connectivity index (χ4v) is 3.57. The van der Waals surface area contributed by atoms with E-state index in [-0.39, 0.29) is 5.41 Å².